The minimum absolute atomic E-state index is 0.149. The van der Waals surface area contributed by atoms with Gasteiger partial charge in [-0.2, -0.15) is 0 Å². The summed E-state index contributed by atoms with van der Waals surface area (Å²) in [6, 6.07) is 7.32. The first-order chi connectivity index (χ1) is 11.6. The Morgan fingerprint density at radius 2 is 2.00 bits per heavy atom. The minimum atomic E-state index is -0.525. The number of thioether (sulfide) groups is 1. The van der Waals surface area contributed by atoms with Crippen molar-refractivity contribution in [3.8, 4) is 11.4 Å². The van der Waals surface area contributed by atoms with E-state index >= 15 is 0 Å². The van der Waals surface area contributed by atoms with Crippen molar-refractivity contribution in [1.82, 2.24) is 15.0 Å². The maximum atomic E-state index is 12.1. The summed E-state index contributed by atoms with van der Waals surface area (Å²) in [4.78, 5) is 12.1. The van der Waals surface area contributed by atoms with Crippen molar-refractivity contribution in [1.29, 1.82) is 0 Å². The summed E-state index contributed by atoms with van der Waals surface area (Å²) in [6.07, 6.45) is -0.520. The van der Waals surface area contributed by atoms with Gasteiger partial charge in [-0.15, -0.1) is 16.9 Å². The molecule has 24 heavy (non-hydrogen) atoms. The van der Waals surface area contributed by atoms with Crippen LogP contribution in [-0.4, -0.2) is 51.1 Å². The van der Waals surface area contributed by atoms with E-state index in [4.69, 9.17) is 9.47 Å². The quantitative estimate of drug-likeness (QED) is 0.577. The van der Waals surface area contributed by atoms with Crippen molar-refractivity contribution in [2.75, 3.05) is 19.0 Å². The third-order valence-electron chi connectivity index (χ3n) is 2.95. The fraction of sp³-hybridized carbons (Fsp3) is 0.438. The van der Waals surface area contributed by atoms with Crippen molar-refractivity contribution < 1.29 is 19.4 Å². The third-order valence-corrected chi connectivity index (χ3v) is 4.24. The van der Waals surface area contributed by atoms with E-state index < -0.39 is 12.1 Å². The van der Waals surface area contributed by atoms with Crippen LogP contribution >= 0.6 is 11.8 Å². The molecule has 1 aromatic heterocycles. The number of ether oxygens (including phenoxy) is 2. The molecule has 0 fully saturated rings. The fourth-order valence-electron chi connectivity index (χ4n) is 1.95. The molecule has 2 aromatic rings. The molecular formula is C16H21N3O4S. The predicted molar refractivity (Wildman–Crippen MR) is 90.9 cm³/mol. The van der Waals surface area contributed by atoms with Crippen LogP contribution in [-0.2, 0) is 4.74 Å². The highest BCUT2D eigenvalue weighted by Crippen LogP contribution is 2.26. The van der Waals surface area contributed by atoms with Crippen molar-refractivity contribution in [2.45, 2.75) is 31.9 Å². The molecule has 130 valence electrons. The molecular weight excluding hydrogens is 330 g/mol. The maximum Gasteiger partial charge on any atom is 0.361 e. The molecule has 0 amide bonds. The van der Waals surface area contributed by atoms with Gasteiger partial charge in [0.05, 0.1) is 25.0 Å². The highest BCUT2D eigenvalue weighted by Gasteiger charge is 2.22. The molecule has 1 heterocycles. The van der Waals surface area contributed by atoms with Crippen molar-refractivity contribution in [3.05, 3.63) is 30.0 Å². The van der Waals surface area contributed by atoms with Gasteiger partial charge in [-0.1, -0.05) is 5.21 Å². The van der Waals surface area contributed by atoms with Gasteiger partial charge < -0.3 is 14.6 Å². The van der Waals surface area contributed by atoms with E-state index in [0.29, 0.717) is 17.4 Å². The average Bonchev–Trinajstić information content (AvgIpc) is 2.98. The first-order valence-electron chi connectivity index (χ1n) is 7.73. The van der Waals surface area contributed by atoms with Gasteiger partial charge in [0.15, 0.2) is 0 Å². The number of aliphatic hydroxyl groups excluding tert-OH is 1. The first kappa shape index (κ1) is 18.3. The lowest BCUT2D eigenvalue weighted by Crippen LogP contribution is -2.10. The number of benzene rings is 1. The van der Waals surface area contributed by atoms with Crippen LogP contribution in [0.25, 0.3) is 5.69 Å². The van der Waals surface area contributed by atoms with Crippen molar-refractivity contribution in [3.63, 3.8) is 0 Å². The lowest BCUT2D eigenvalue weighted by atomic mass is 10.3. The third kappa shape index (κ3) is 4.48. The standard InChI is InChI=1S/C16H21N3O4S/c1-4-22-13-8-6-12(7-9-13)19-15(24-10-11(3)20)14(17-18-19)16(21)23-5-2/h6-9,11,20H,4-5,10H2,1-3H3. The topological polar surface area (TPSA) is 86.5 Å². The van der Waals surface area contributed by atoms with E-state index in [1.54, 1.807) is 18.5 Å². The van der Waals surface area contributed by atoms with Gasteiger partial charge in [0, 0.05) is 5.75 Å². The number of hydrogen-bond donors (Lipinski definition) is 1. The Morgan fingerprint density at radius 1 is 1.29 bits per heavy atom. The summed E-state index contributed by atoms with van der Waals surface area (Å²) in [5, 5.41) is 18.1. The molecule has 1 aromatic carbocycles. The molecule has 0 saturated heterocycles. The van der Waals surface area contributed by atoms with E-state index in [0.717, 1.165) is 11.4 Å². The molecule has 7 nitrogen and oxygen atoms in total. The van der Waals surface area contributed by atoms with Crippen LogP contribution in [0.3, 0.4) is 0 Å². The van der Waals surface area contributed by atoms with Crippen LogP contribution in [0, 0.1) is 0 Å². The SMILES string of the molecule is CCOC(=O)c1nnn(-c2ccc(OCC)cc2)c1SCC(C)O. The Bertz CT molecular complexity index is 670. The van der Waals surface area contributed by atoms with Crippen LogP contribution in [0.5, 0.6) is 5.75 Å². The highest BCUT2D eigenvalue weighted by atomic mass is 32.2. The van der Waals surface area contributed by atoms with E-state index in [-0.39, 0.29) is 12.3 Å². The molecule has 1 atom stereocenters. The number of aromatic nitrogens is 3. The predicted octanol–water partition coefficient (Wildman–Crippen LogP) is 2.32. The molecule has 1 unspecified atom stereocenters. The van der Waals surface area contributed by atoms with Crippen LogP contribution < -0.4 is 4.74 Å². The summed E-state index contributed by atoms with van der Waals surface area (Å²) < 4.78 is 12.0. The maximum absolute atomic E-state index is 12.1. The van der Waals surface area contributed by atoms with Crippen LogP contribution in [0.4, 0.5) is 0 Å². The second-order valence-electron chi connectivity index (χ2n) is 4.96. The average molecular weight is 351 g/mol. The van der Waals surface area contributed by atoms with Gasteiger partial charge in [-0.25, -0.2) is 9.48 Å². The summed E-state index contributed by atoms with van der Waals surface area (Å²) in [5.41, 5.74) is 0.894. The normalized spacial score (nSPS) is 12.0. The second-order valence-corrected chi connectivity index (χ2v) is 5.97. The number of hydrogen-bond acceptors (Lipinski definition) is 7. The van der Waals surface area contributed by atoms with E-state index in [1.807, 2.05) is 31.2 Å². The smallest absolute Gasteiger partial charge is 0.361 e. The van der Waals surface area contributed by atoms with Crippen LogP contribution in [0.2, 0.25) is 0 Å². The molecule has 0 saturated carbocycles. The Hall–Kier alpha value is -2.06. The van der Waals surface area contributed by atoms with Crippen LogP contribution in [0.1, 0.15) is 31.3 Å². The Kier molecular flexibility index (Phi) is 6.62. The number of esters is 1. The molecule has 0 spiro atoms. The molecule has 2 rings (SSSR count). The monoisotopic (exact) mass is 351 g/mol. The zero-order valence-corrected chi connectivity index (χ0v) is 14.7. The summed E-state index contributed by atoms with van der Waals surface area (Å²) in [5.74, 6) is 0.643. The van der Waals surface area contributed by atoms with E-state index in [9.17, 15) is 9.90 Å². The Morgan fingerprint density at radius 3 is 2.58 bits per heavy atom. The van der Waals surface area contributed by atoms with Crippen LogP contribution in [0.15, 0.2) is 29.3 Å². The molecule has 0 bridgehead atoms. The fourth-order valence-corrected chi connectivity index (χ4v) is 2.87. The van der Waals surface area contributed by atoms with Gasteiger partial charge in [-0.3, -0.25) is 0 Å². The summed E-state index contributed by atoms with van der Waals surface area (Å²) in [7, 11) is 0. The molecule has 0 aliphatic rings. The lowest BCUT2D eigenvalue weighted by molar-refractivity contribution is 0.0515. The van der Waals surface area contributed by atoms with Gasteiger partial charge in [0.25, 0.3) is 0 Å². The first-order valence-corrected chi connectivity index (χ1v) is 8.72. The minimum Gasteiger partial charge on any atom is -0.494 e. The zero-order valence-electron chi connectivity index (χ0n) is 13.9. The largest absolute Gasteiger partial charge is 0.494 e. The van der Waals surface area contributed by atoms with E-state index in [2.05, 4.69) is 10.3 Å². The molecule has 1 N–H and O–H groups in total. The Balaban J connectivity index is 2.35. The van der Waals surface area contributed by atoms with Crippen molar-refractivity contribution >= 4 is 17.7 Å². The second kappa shape index (κ2) is 8.70. The highest BCUT2D eigenvalue weighted by molar-refractivity contribution is 7.99. The number of nitrogens with zero attached hydrogens (tertiary/aromatic N) is 3. The van der Waals surface area contributed by atoms with Gasteiger partial charge >= 0.3 is 5.97 Å². The van der Waals surface area contributed by atoms with Gasteiger partial charge in [-0.05, 0) is 45.0 Å². The number of rotatable bonds is 8. The van der Waals surface area contributed by atoms with E-state index in [1.165, 1.54) is 11.8 Å². The molecule has 0 aliphatic heterocycles. The lowest BCUT2D eigenvalue weighted by Gasteiger charge is -2.09. The molecule has 8 heteroatoms. The summed E-state index contributed by atoms with van der Waals surface area (Å²) in [6.45, 7) is 6.18. The zero-order chi connectivity index (χ0) is 17.5. The van der Waals surface area contributed by atoms with Crippen molar-refractivity contribution in [2.24, 2.45) is 0 Å². The molecule has 0 radical (unpaired) electrons. The summed E-state index contributed by atoms with van der Waals surface area (Å²) >= 11 is 1.31. The number of aliphatic hydroxyl groups is 1. The number of carbonyl (C=O) groups is 1. The number of carbonyl (C=O) groups excluding carboxylic acids is 1. The van der Waals surface area contributed by atoms with Gasteiger partial charge in [0.2, 0.25) is 5.69 Å². The van der Waals surface area contributed by atoms with Gasteiger partial charge in [0.1, 0.15) is 10.8 Å². The Labute approximate surface area is 145 Å². The molecule has 0 aliphatic carbocycles.